The van der Waals surface area contributed by atoms with Crippen LogP contribution >= 0.6 is 23.4 Å². The lowest BCUT2D eigenvalue weighted by Gasteiger charge is -2.11. The number of benzene rings is 1. The van der Waals surface area contributed by atoms with Gasteiger partial charge in [0.15, 0.2) is 0 Å². The van der Waals surface area contributed by atoms with Gasteiger partial charge in [-0.15, -0.1) is 11.8 Å². The summed E-state index contributed by atoms with van der Waals surface area (Å²) in [4.78, 5) is 2.79. The summed E-state index contributed by atoms with van der Waals surface area (Å²) in [5.74, 6) is -2.53. The maximum atomic E-state index is 13.6. The Labute approximate surface area is 129 Å². The fraction of sp³-hybridized carbons (Fsp3) is 0.364. The molecule has 0 bridgehead atoms. The summed E-state index contributed by atoms with van der Waals surface area (Å²) in [6, 6.07) is 1.32. The topological polar surface area (TPSA) is 38.4 Å². The average Bonchev–Trinajstić information content (AvgIpc) is 2.33. The molecule has 1 rings (SSSR count). The molecule has 0 saturated heterocycles. The van der Waals surface area contributed by atoms with Gasteiger partial charge in [-0.3, -0.25) is 0 Å². The van der Waals surface area contributed by atoms with E-state index in [1.165, 1.54) is 0 Å². The minimum atomic E-state index is -4.87. The highest BCUT2D eigenvalue weighted by Gasteiger charge is 2.35. The minimum Gasteiger partial charge on any atom is -0.325 e. The first-order chi connectivity index (χ1) is 9.94. The summed E-state index contributed by atoms with van der Waals surface area (Å²) in [6.45, 7) is -1.00. The molecule has 0 aromatic heterocycles. The van der Waals surface area contributed by atoms with Crippen molar-refractivity contribution in [1.82, 2.24) is 0 Å². The van der Waals surface area contributed by atoms with Gasteiger partial charge in [0.05, 0.1) is 10.8 Å². The van der Waals surface area contributed by atoms with Crippen LogP contribution in [0, 0.1) is 5.82 Å². The molecule has 2 nitrogen and oxygen atoms in total. The summed E-state index contributed by atoms with van der Waals surface area (Å²) < 4.78 is 87.5. The van der Waals surface area contributed by atoms with E-state index in [-0.39, 0.29) is 21.7 Å². The predicted octanol–water partition coefficient (Wildman–Crippen LogP) is 4.73. The van der Waals surface area contributed by atoms with Crippen LogP contribution in [0.1, 0.15) is 0 Å². The summed E-state index contributed by atoms with van der Waals surface area (Å²) in [5, 5.41) is -0.355. The first-order valence-corrected chi connectivity index (χ1v) is 6.84. The maximum absolute atomic E-state index is 13.6. The second-order valence-corrected chi connectivity index (χ2v) is 5.32. The van der Waals surface area contributed by atoms with Crippen LogP contribution in [0.5, 0.6) is 0 Å². The molecule has 0 atom stereocenters. The van der Waals surface area contributed by atoms with Crippen molar-refractivity contribution >= 4 is 34.8 Å². The van der Waals surface area contributed by atoms with Crippen LogP contribution in [0.4, 0.5) is 36.4 Å². The number of thioether (sulfide) groups is 1. The van der Waals surface area contributed by atoms with Crippen molar-refractivity contribution in [3.05, 3.63) is 23.0 Å². The van der Waals surface area contributed by atoms with Gasteiger partial charge in [0.2, 0.25) is 0 Å². The highest BCUT2D eigenvalue weighted by Crippen LogP contribution is 2.36. The third-order valence-corrected chi connectivity index (χ3v) is 3.71. The smallest absolute Gasteiger partial charge is 0.325 e. The van der Waals surface area contributed by atoms with E-state index in [4.69, 9.17) is 17.3 Å². The molecule has 0 unspecified atom stereocenters. The third kappa shape index (κ3) is 5.65. The number of nitrogens with zero attached hydrogens (tertiary/aromatic N) is 1. The van der Waals surface area contributed by atoms with Crippen LogP contribution < -0.4 is 5.73 Å². The first kappa shape index (κ1) is 19.0. The van der Waals surface area contributed by atoms with Crippen LogP contribution in [0.2, 0.25) is 5.02 Å². The van der Waals surface area contributed by atoms with Crippen molar-refractivity contribution < 1.29 is 30.7 Å². The predicted molar refractivity (Wildman–Crippen MR) is 70.4 cm³/mol. The molecule has 1 aromatic carbocycles. The number of halogens is 8. The summed E-state index contributed by atoms with van der Waals surface area (Å²) in [6.07, 6.45) is -9.39. The largest absolute Gasteiger partial charge is 0.430 e. The van der Waals surface area contributed by atoms with Crippen molar-refractivity contribution in [2.24, 2.45) is 10.7 Å². The second-order valence-electron chi connectivity index (χ2n) is 3.90. The highest BCUT2D eigenvalue weighted by atomic mass is 35.5. The Morgan fingerprint density at radius 2 is 1.77 bits per heavy atom. The van der Waals surface area contributed by atoms with Gasteiger partial charge in [0, 0.05) is 11.4 Å². The molecule has 0 radical (unpaired) electrons. The van der Waals surface area contributed by atoms with Crippen LogP contribution in [-0.2, 0) is 0 Å². The van der Waals surface area contributed by atoms with Gasteiger partial charge in [-0.2, -0.15) is 26.3 Å². The Hall–Kier alpha value is -1.00. The number of alkyl halides is 6. The fourth-order valence-electron chi connectivity index (χ4n) is 1.24. The van der Waals surface area contributed by atoms with E-state index >= 15 is 0 Å². The van der Waals surface area contributed by atoms with Crippen molar-refractivity contribution in [3.63, 3.8) is 0 Å². The van der Waals surface area contributed by atoms with Gasteiger partial charge in [-0.05, 0) is 12.1 Å². The van der Waals surface area contributed by atoms with Crippen LogP contribution in [0.3, 0.4) is 0 Å². The molecule has 0 heterocycles. The Kier molecular flexibility index (Phi) is 6.10. The van der Waals surface area contributed by atoms with Crippen molar-refractivity contribution in [2.75, 3.05) is 12.3 Å². The maximum Gasteiger partial charge on any atom is 0.430 e. The molecular weight excluding hydrogens is 361 g/mol. The summed E-state index contributed by atoms with van der Waals surface area (Å²) in [7, 11) is 0. The lowest BCUT2D eigenvalue weighted by Crippen LogP contribution is -2.30. The summed E-state index contributed by atoms with van der Waals surface area (Å²) in [5.41, 5.74) is 2.64. The molecule has 0 spiro atoms. The van der Waals surface area contributed by atoms with Crippen molar-refractivity contribution in [1.29, 1.82) is 0 Å². The summed E-state index contributed by atoms with van der Waals surface area (Å²) >= 11 is 5.78. The first-order valence-electron chi connectivity index (χ1n) is 5.47. The van der Waals surface area contributed by atoms with Gasteiger partial charge in [0.1, 0.15) is 17.2 Å². The zero-order chi connectivity index (χ0) is 17.1. The normalized spacial score (nSPS) is 13.6. The van der Waals surface area contributed by atoms with Gasteiger partial charge < -0.3 is 5.73 Å². The standard InChI is InChI=1S/C11H8ClF7N2S/c12-5-1-6(13)7(21-9(3-20)11(17,18)19)2-8(5)22-4-10(14,15)16/h1-2H,3-4,20H2. The number of nitrogens with two attached hydrogens (primary N) is 1. The molecule has 22 heavy (non-hydrogen) atoms. The molecule has 0 aliphatic heterocycles. The molecule has 0 amide bonds. The van der Waals surface area contributed by atoms with Crippen LogP contribution in [0.15, 0.2) is 22.0 Å². The molecule has 11 heteroatoms. The zero-order valence-electron chi connectivity index (χ0n) is 10.5. The van der Waals surface area contributed by atoms with Crippen molar-refractivity contribution in [2.45, 2.75) is 17.2 Å². The second kappa shape index (κ2) is 7.05. The molecule has 124 valence electrons. The Balaban J connectivity index is 3.19. The van der Waals surface area contributed by atoms with E-state index in [0.717, 1.165) is 6.07 Å². The number of rotatable bonds is 4. The van der Waals surface area contributed by atoms with Gasteiger partial charge in [0.25, 0.3) is 0 Å². The Morgan fingerprint density at radius 1 is 1.18 bits per heavy atom. The van der Waals surface area contributed by atoms with Crippen molar-refractivity contribution in [3.8, 4) is 0 Å². The number of hydrogen-bond acceptors (Lipinski definition) is 3. The molecule has 0 saturated carbocycles. The number of hydrogen-bond donors (Lipinski definition) is 1. The van der Waals surface area contributed by atoms with E-state index in [2.05, 4.69) is 4.99 Å². The van der Waals surface area contributed by atoms with Gasteiger partial charge in [-0.25, -0.2) is 9.38 Å². The van der Waals surface area contributed by atoms with Gasteiger partial charge in [-0.1, -0.05) is 11.6 Å². The van der Waals surface area contributed by atoms with E-state index in [1.807, 2.05) is 0 Å². The minimum absolute atomic E-state index is 0.214. The zero-order valence-corrected chi connectivity index (χ0v) is 12.1. The van der Waals surface area contributed by atoms with E-state index < -0.39 is 41.9 Å². The Bertz CT molecular complexity index is 569. The Morgan fingerprint density at radius 3 is 2.23 bits per heavy atom. The van der Waals surface area contributed by atoms with Gasteiger partial charge >= 0.3 is 12.4 Å². The highest BCUT2D eigenvalue weighted by molar-refractivity contribution is 7.99. The quantitative estimate of drug-likeness (QED) is 0.474. The molecule has 0 aliphatic carbocycles. The van der Waals surface area contributed by atoms with E-state index in [0.29, 0.717) is 6.07 Å². The SMILES string of the molecule is NCC(=Nc1cc(SCC(F)(F)F)c(Cl)cc1F)C(F)(F)F. The molecule has 2 N–H and O–H groups in total. The molecular formula is C11H8ClF7N2S. The lowest BCUT2D eigenvalue weighted by atomic mass is 10.3. The molecule has 0 fully saturated rings. The fourth-order valence-corrected chi connectivity index (χ4v) is 2.27. The monoisotopic (exact) mass is 368 g/mol. The van der Waals surface area contributed by atoms with E-state index in [9.17, 15) is 30.7 Å². The van der Waals surface area contributed by atoms with E-state index in [1.54, 1.807) is 0 Å². The van der Waals surface area contributed by atoms with Crippen LogP contribution in [-0.4, -0.2) is 30.4 Å². The number of aliphatic imine (C=N–C) groups is 1. The average molecular weight is 369 g/mol. The lowest BCUT2D eigenvalue weighted by molar-refractivity contribution is -0.105. The third-order valence-electron chi connectivity index (χ3n) is 2.17. The van der Waals surface area contributed by atoms with Crippen LogP contribution in [0.25, 0.3) is 0 Å². The molecule has 0 aliphatic rings. The molecule has 1 aromatic rings.